The second-order valence-electron chi connectivity index (χ2n) is 6.03. The Morgan fingerprint density at radius 3 is 2.62 bits per heavy atom. The molecule has 2 heterocycles. The number of aromatic nitrogens is 4. The SMILES string of the molecule is COc1cc([N+](=O)[O-])ccc1NC(=O)Cn1c(Cl)nc2c1c(=O)n(C)c(=O)n2C. The maximum atomic E-state index is 12.5. The number of carbonyl (C=O) groups excluding carboxylic acids is 1. The quantitative estimate of drug-likeness (QED) is 0.361. The molecular weight excluding hydrogens is 408 g/mol. The lowest BCUT2D eigenvalue weighted by Crippen LogP contribution is -2.37. The second-order valence-corrected chi connectivity index (χ2v) is 6.37. The highest BCUT2D eigenvalue weighted by Crippen LogP contribution is 2.29. The van der Waals surface area contributed by atoms with Crippen LogP contribution in [0.5, 0.6) is 5.75 Å². The van der Waals surface area contributed by atoms with Crippen molar-refractivity contribution in [1.82, 2.24) is 18.7 Å². The van der Waals surface area contributed by atoms with E-state index in [1.165, 1.54) is 44.0 Å². The number of imidazole rings is 1. The molecule has 0 fully saturated rings. The summed E-state index contributed by atoms with van der Waals surface area (Å²) in [5, 5.41) is 13.3. The number of aryl methyl sites for hydroxylation is 1. The van der Waals surface area contributed by atoms with E-state index in [1.54, 1.807) is 0 Å². The van der Waals surface area contributed by atoms with Gasteiger partial charge in [-0.1, -0.05) is 0 Å². The van der Waals surface area contributed by atoms with Crippen LogP contribution in [0.3, 0.4) is 0 Å². The molecule has 0 saturated heterocycles. The zero-order chi connectivity index (χ0) is 21.5. The molecule has 0 aliphatic heterocycles. The first kappa shape index (κ1) is 20.1. The first-order valence-corrected chi connectivity index (χ1v) is 8.47. The summed E-state index contributed by atoms with van der Waals surface area (Å²) in [6, 6.07) is 3.70. The van der Waals surface area contributed by atoms with E-state index < -0.39 is 22.1 Å². The number of non-ortho nitro benzene ring substituents is 1. The van der Waals surface area contributed by atoms with Crippen molar-refractivity contribution < 1.29 is 14.5 Å². The minimum atomic E-state index is -0.650. The number of nitrogens with zero attached hydrogens (tertiary/aromatic N) is 5. The first-order valence-electron chi connectivity index (χ1n) is 8.09. The van der Waals surface area contributed by atoms with Gasteiger partial charge in [0.1, 0.15) is 12.3 Å². The summed E-state index contributed by atoms with van der Waals surface area (Å²) < 4.78 is 8.28. The fourth-order valence-electron chi connectivity index (χ4n) is 2.79. The number of ether oxygens (including phenoxy) is 1. The molecule has 0 bridgehead atoms. The predicted molar refractivity (Wildman–Crippen MR) is 104 cm³/mol. The summed E-state index contributed by atoms with van der Waals surface area (Å²) in [7, 11) is 4.04. The average molecular weight is 423 g/mol. The minimum absolute atomic E-state index is 0.00888. The van der Waals surface area contributed by atoms with Crippen molar-refractivity contribution in [3.05, 3.63) is 54.4 Å². The van der Waals surface area contributed by atoms with Crippen LogP contribution in [0.1, 0.15) is 0 Å². The zero-order valence-electron chi connectivity index (χ0n) is 15.5. The maximum Gasteiger partial charge on any atom is 0.332 e. The van der Waals surface area contributed by atoms with Crippen molar-refractivity contribution in [2.75, 3.05) is 12.4 Å². The van der Waals surface area contributed by atoms with Crippen molar-refractivity contribution in [2.24, 2.45) is 14.1 Å². The van der Waals surface area contributed by atoms with Gasteiger partial charge in [0.05, 0.1) is 23.8 Å². The molecule has 1 aromatic carbocycles. The van der Waals surface area contributed by atoms with Gasteiger partial charge < -0.3 is 10.1 Å². The van der Waals surface area contributed by atoms with Gasteiger partial charge in [0.2, 0.25) is 11.2 Å². The molecule has 0 aliphatic carbocycles. The van der Waals surface area contributed by atoms with Gasteiger partial charge in [-0.3, -0.25) is 33.4 Å². The number of nitro groups is 1. The van der Waals surface area contributed by atoms with Gasteiger partial charge in [0.25, 0.3) is 11.2 Å². The number of anilines is 1. The normalized spacial score (nSPS) is 10.9. The highest BCUT2D eigenvalue weighted by molar-refractivity contribution is 6.29. The smallest absolute Gasteiger partial charge is 0.332 e. The van der Waals surface area contributed by atoms with Crippen LogP contribution in [0.15, 0.2) is 27.8 Å². The number of benzene rings is 1. The number of methoxy groups -OCH3 is 1. The molecule has 2 aromatic heterocycles. The molecule has 0 atom stereocenters. The molecule has 152 valence electrons. The molecular formula is C16H15ClN6O6. The van der Waals surface area contributed by atoms with Gasteiger partial charge in [-0.2, -0.15) is 4.98 Å². The molecule has 0 aliphatic rings. The third kappa shape index (κ3) is 3.45. The Kier molecular flexibility index (Phi) is 5.12. The van der Waals surface area contributed by atoms with Gasteiger partial charge in [-0.25, -0.2) is 4.79 Å². The van der Waals surface area contributed by atoms with Crippen LogP contribution in [0.4, 0.5) is 11.4 Å². The third-order valence-corrected chi connectivity index (χ3v) is 4.56. The molecule has 3 aromatic rings. The summed E-state index contributed by atoms with van der Waals surface area (Å²) in [6.07, 6.45) is 0. The molecule has 0 unspecified atom stereocenters. The van der Waals surface area contributed by atoms with Crippen LogP contribution in [0.25, 0.3) is 11.2 Å². The molecule has 12 nitrogen and oxygen atoms in total. The standard InChI is InChI=1S/C16H15ClN6O6/c1-20-13-12(14(25)21(2)16(20)26)22(15(17)19-13)7-11(24)18-9-5-4-8(23(27)28)6-10(9)29-3/h4-6H,7H2,1-3H3,(H,18,24). The van der Waals surface area contributed by atoms with E-state index in [-0.39, 0.29) is 40.1 Å². The van der Waals surface area contributed by atoms with Crippen LogP contribution >= 0.6 is 11.6 Å². The topological polar surface area (TPSA) is 143 Å². The van der Waals surface area contributed by atoms with E-state index in [0.29, 0.717) is 0 Å². The van der Waals surface area contributed by atoms with Crippen LogP contribution in [-0.4, -0.2) is 36.6 Å². The fourth-order valence-corrected chi connectivity index (χ4v) is 3.02. The van der Waals surface area contributed by atoms with E-state index >= 15 is 0 Å². The summed E-state index contributed by atoms with van der Waals surface area (Å²) in [5.41, 5.74) is -1.20. The summed E-state index contributed by atoms with van der Waals surface area (Å²) >= 11 is 6.09. The van der Waals surface area contributed by atoms with Crippen molar-refractivity contribution in [1.29, 1.82) is 0 Å². The van der Waals surface area contributed by atoms with Crippen molar-refractivity contribution in [3.63, 3.8) is 0 Å². The van der Waals surface area contributed by atoms with E-state index in [4.69, 9.17) is 16.3 Å². The Hall–Kier alpha value is -3.67. The predicted octanol–water partition coefficient (Wildman–Crippen LogP) is 0.643. The largest absolute Gasteiger partial charge is 0.494 e. The van der Waals surface area contributed by atoms with Gasteiger partial charge in [-0.05, 0) is 17.7 Å². The average Bonchev–Trinajstić information content (AvgIpc) is 3.01. The van der Waals surface area contributed by atoms with Crippen molar-refractivity contribution in [2.45, 2.75) is 6.54 Å². The molecule has 0 spiro atoms. The molecule has 13 heteroatoms. The summed E-state index contributed by atoms with van der Waals surface area (Å²) in [4.78, 5) is 51.3. The number of nitro benzene ring substituents is 1. The van der Waals surface area contributed by atoms with Crippen LogP contribution < -0.4 is 21.3 Å². The summed E-state index contributed by atoms with van der Waals surface area (Å²) in [5.74, 6) is -0.498. The highest BCUT2D eigenvalue weighted by Gasteiger charge is 2.20. The third-order valence-electron chi connectivity index (χ3n) is 4.27. The van der Waals surface area contributed by atoms with Crippen LogP contribution in [0, 0.1) is 10.1 Å². The number of amides is 1. The molecule has 0 radical (unpaired) electrons. The maximum absolute atomic E-state index is 12.5. The number of hydrogen-bond acceptors (Lipinski definition) is 7. The Bertz CT molecular complexity index is 1270. The Balaban J connectivity index is 1.98. The van der Waals surface area contributed by atoms with E-state index in [1.807, 2.05) is 0 Å². The first-order chi connectivity index (χ1) is 13.6. The number of rotatable bonds is 5. The van der Waals surface area contributed by atoms with Crippen LogP contribution in [0.2, 0.25) is 5.28 Å². The minimum Gasteiger partial charge on any atom is -0.494 e. The number of hydrogen-bond donors (Lipinski definition) is 1. The molecule has 1 amide bonds. The molecule has 0 saturated carbocycles. The van der Waals surface area contributed by atoms with Gasteiger partial charge in [0, 0.05) is 20.2 Å². The lowest BCUT2D eigenvalue weighted by molar-refractivity contribution is -0.384. The Morgan fingerprint density at radius 2 is 2.00 bits per heavy atom. The summed E-state index contributed by atoms with van der Waals surface area (Å²) in [6.45, 7) is -0.386. The van der Waals surface area contributed by atoms with Crippen molar-refractivity contribution in [3.8, 4) is 5.75 Å². The van der Waals surface area contributed by atoms with E-state index in [2.05, 4.69) is 10.3 Å². The lowest BCUT2D eigenvalue weighted by atomic mass is 10.2. The number of halogens is 1. The fraction of sp³-hybridized carbons (Fsp3) is 0.250. The number of carbonyl (C=O) groups is 1. The molecule has 3 rings (SSSR count). The van der Waals surface area contributed by atoms with E-state index in [0.717, 1.165) is 9.13 Å². The van der Waals surface area contributed by atoms with Crippen LogP contribution in [-0.2, 0) is 25.4 Å². The Morgan fingerprint density at radius 1 is 1.31 bits per heavy atom. The van der Waals surface area contributed by atoms with Crippen molar-refractivity contribution >= 4 is 40.0 Å². The molecule has 29 heavy (non-hydrogen) atoms. The monoisotopic (exact) mass is 422 g/mol. The highest BCUT2D eigenvalue weighted by atomic mass is 35.5. The number of nitrogens with one attached hydrogen (secondary N) is 1. The van der Waals surface area contributed by atoms with Gasteiger partial charge in [0.15, 0.2) is 11.2 Å². The zero-order valence-corrected chi connectivity index (χ0v) is 16.3. The molecule has 1 N–H and O–H groups in total. The van der Waals surface area contributed by atoms with Gasteiger partial charge >= 0.3 is 5.69 Å². The Labute approximate surface area is 167 Å². The number of fused-ring (bicyclic) bond motifs is 1. The lowest BCUT2D eigenvalue weighted by Gasteiger charge is -2.11. The van der Waals surface area contributed by atoms with Gasteiger partial charge in [-0.15, -0.1) is 0 Å². The second kappa shape index (κ2) is 7.39. The van der Waals surface area contributed by atoms with E-state index in [9.17, 15) is 24.5 Å².